The number of rotatable bonds is 5. The molecule has 0 radical (unpaired) electrons. The number of aromatic nitrogens is 2. The van der Waals surface area contributed by atoms with Crippen molar-refractivity contribution in [2.45, 2.75) is 0 Å². The molecule has 1 aromatic carbocycles. The van der Waals surface area contributed by atoms with Crippen LogP contribution in [0.3, 0.4) is 0 Å². The molecule has 0 unspecified atom stereocenters. The van der Waals surface area contributed by atoms with E-state index in [1.807, 2.05) is 30.3 Å². The predicted molar refractivity (Wildman–Crippen MR) is 74.3 cm³/mol. The van der Waals surface area contributed by atoms with Gasteiger partial charge >= 0.3 is 0 Å². The summed E-state index contributed by atoms with van der Waals surface area (Å²) in [4.78, 5) is 19.7. The van der Waals surface area contributed by atoms with Gasteiger partial charge < -0.3 is 10.6 Å². The second-order valence-electron chi connectivity index (χ2n) is 3.78. The maximum absolute atomic E-state index is 11.7. The van der Waals surface area contributed by atoms with E-state index in [0.717, 1.165) is 5.69 Å². The molecule has 0 atom stereocenters. The number of carbonyl (C=O) groups is 1. The molecule has 0 aliphatic rings. The van der Waals surface area contributed by atoms with Gasteiger partial charge in [0.2, 0.25) is 0 Å². The fraction of sp³-hybridized carbons (Fsp3) is 0.0714. The largest absolute Gasteiger partial charge is 0.347 e. The van der Waals surface area contributed by atoms with Crippen molar-refractivity contribution in [3.8, 4) is 0 Å². The van der Waals surface area contributed by atoms with Gasteiger partial charge in [-0.2, -0.15) is 0 Å². The van der Waals surface area contributed by atoms with E-state index in [4.69, 9.17) is 0 Å². The number of para-hydroxylation sites is 1. The zero-order chi connectivity index (χ0) is 13.5. The third-order valence-electron chi connectivity index (χ3n) is 2.35. The monoisotopic (exact) mass is 254 g/mol. The van der Waals surface area contributed by atoms with Gasteiger partial charge in [0.15, 0.2) is 0 Å². The van der Waals surface area contributed by atoms with Crippen molar-refractivity contribution in [1.82, 2.24) is 15.3 Å². The van der Waals surface area contributed by atoms with E-state index >= 15 is 0 Å². The Hall–Kier alpha value is -2.69. The molecule has 5 heteroatoms. The smallest absolute Gasteiger partial charge is 0.270 e. The van der Waals surface area contributed by atoms with Gasteiger partial charge in [0.25, 0.3) is 5.91 Å². The Balaban J connectivity index is 2.11. The maximum atomic E-state index is 11.7. The molecule has 2 aromatic rings. The fourth-order valence-electron chi connectivity index (χ4n) is 1.47. The van der Waals surface area contributed by atoms with Crippen molar-refractivity contribution in [3.05, 3.63) is 61.1 Å². The summed E-state index contributed by atoms with van der Waals surface area (Å²) in [5, 5.41) is 5.77. The van der Waals surface area contributed by atoms with Crippen molar-refractivity contribution in [1.29, 1.82) is 0 Å². The van der Waals surface area contributed by atoms with E-state index in [1.165, 1.54) is 6.33 Å². The van der Waals surface area contributed by atoms with E-state index in [0.29, 0.717) is 18.1 Å². The summed E-state index contributed by atoms with van der Waals surface area (Å²) in [6, 6.07) is 11.2. The highest BCUT2D eigenvalue weighted by atomic mass is 16.1. The molecule has 1 aromatic heterocycles. The van der Waals surface area contributed by atoms with Crippen LogP contribution in [0.1, 0.15) is 10.5 Å². The maximum Gasteiger partial charge on any atom is 0.270 e. The molecule has 0 saturated carbocycles. The Morgan fingerprint density at radius 3 is 2.79 bits per heavy atom. The number of nitrogens with one attached hydrogen (secondary N) is 2. The standard InChI is InChI=1S/C14H14N4O/c1-2-8-15-14(19)12-9-13(17-10-16-12)18-11-6-4-3-5-7-11/h2-7,9-10H,1,8H2,(H,15,19)(H,16,17,18). The van der Waals surface area contributed by atoms with Gasteiger partial charge in [0.05, 0.1) is 0 Å². The quantitative estimate of drug-likeness (QED) is 0.802. The summed E-state index contributed by atoms with van der Waals surface area (Å²) < 4.78 is 0. The van der Waals surface area contributed by atoms with Gasteiger partial charge in [-0.3, -0.25) is 4.79 Å². The Bertz CT molecular complexity index is 569. The van der Waals surface area contributed by atoms with Crippen LogP contribution in [0.25, 0.3) is 0 Å². The molecule has 1 amide bonds. The van der Waals surface area contributed by atoms with Crippen LogP contribution in [0.15, 0.2) is 55.4 Å². The third kappa shape index (κ3) is 3.64. The Kier molecular flexibility index (Phi) is 4.23. The molecular formula is C14H14N4O. The number of anilines is 2. The predicted octanol–water partition coefficient (Wildman–Crippen LogP) is 2.14. The number of benzene rings is 1. The first-order chi connectivity index (χ1) is 9.29. The van der Waals surface area contributed by atoms with Gasteiger partial charge in [-0.15, -0.1) is 6.58 Å². The summed E-state index contributed by atoms with van der Waals surface area (Å²) in [6.45, 7) is 3.95. The molecule has 96 valence electrons. The van der Waals surface area contributed by atoms with Gasteiger partial charge in [0.1, 0.15) is 17.8 Å². The van der Waals surface area contributed by atoms with Gasteiger partial charge in [0, 0.05) is 18.3 Å². The molecule has 0 bridgehead atoms. The van der Waals surface area contributed by atoms with Crippen molar-refractivity contribution in [2.24, 2.45) is 0 Å². The second kappa shape index (κ2) is 6.30. The molecule has 0 aliphatic heterocycles. The first kappa shape index (κ1) is 12.8. The minimum Gasteiger partial charge on any atom is -0.347 e. The first-order valence-corrected chi connectivity index (χ1v) is 5.83. The molecule has 0 spiro atoms. The van der Waals surface area contributed by atoms with Crippen LogP contribution in [-0.2, 0) is 0 Å². The first-order valence-electron chi connectivity index (χ1n) is 5.83. The van der Waals surface area contributed by atoms with Crippen LogP contribution >= 0.6 is 0 Å². The lowest BCUT2D eigenvalue weighted by Crippen LogP contribution is -2.24. The summed E-state index contributed by atoms with van der Waals surface area (Å²) in [5.41, 5.74) is 1.22. The molecule has 0 saturated heterocycles. The lowest BCUT2D eigenvalue weighted by atomic mass is 10.3. The van der Waals surface area contributed by atoms with Crippen molar-refractivity contribution >= 4 is 17.4 Å². The van der Waals surface area contributed by atoms with Crippen molar-refractivity contribution in [3.63, 3.8) is 0 Å². The third-order valence-corrected chi connectivity index (χ3v) is 2.35. The normalized spacial score (nSPS) is 9.68. The Morgan fingerprint density at radius 2 is 2.05 bits per heavy atom. The van der Waals surface area contributed by atoms with Crippen LogP contribution in [0.5, 0.6) is 0 Å². The number of nitrogens with zero attached hydrogens (tertiary/aromatic N) is 2. The lowest BCUT2D eigenvalue weighted by molar-refractivity contribution is 0.0953. The van der Waals surface area contributed by atoms with Crippen LogP contribution < -0.4 is 10.6 Å². The number of hydrogen-bond acceptors (Lipinski definition) is 4. The fourth-order valence-corrected chi connectivity index (χ4v) is 1.47. The number of amides is 1. The van der Waals surface area contributed by atoms with E-state index < -0.39 is 0 Å². The minimum absolute atomic E-state index is 0.251. The van der Waals surface area contributed by atoms with E-state index in [-0.39, 0.29) is 5.91 Å². The average Bonchev–Trinajstić information content (AvgIpc) is 2.46. The Morgan fingerprint density at radius 1 is 1.26 bits per heavy atom. The van der Waals surface area contributed by atoms with Gasteiger partial charge in [-0.1, -0.05) is 24.3 Å². The molecular weight excluding hydrogens is 240 g/mol. The van der Waals surface area contributed by atoms with Crippen LogP contribution in [0.4, 0.5) is 11.5 Å². The molecule has 19 heavy (non-hydrogen) atoms. The zero-order valence-electron chi connectivity index (χ0n) is 10.3. The van der Waals surface area contributed by atoms with E-state index in [1.54, 1.807) is 12.1 Å². The molecule has 0 aliphatic carbocycles. The summed E-state index contributed by atoms with van der Waals surface area (Å²) in [6.07, 6.45) is 2.97. The SMILES string of the molecule is C=CCNC(=O)c1cc(Nc2ccccc2)ncn1. The van der Waals surface area contributed by atoms with Gasteiger partial charge in [-0.05, 0) is 12.1 Å². The number of hydrogen-bond donors (Lipinski definition) is 2. The summed E-state index contributed by atoms with van der Waals surface area (Å²) >= 11 is 0. The molecule has 0 fully saturated rings. The highest BCUT2D eigenvalue weighted by Gasteiger charge is 2.07. The van der Waals surface area contributed by atoms with Crippen LogP contribution in [0, 0.1) is 0 Å². The summed E-state index contributed by atoms with van der Waals surface area (Å²) in [5.74, 6) is 0.323. The zero-order valence-corrected chi connectivity index (χ0v) is 10.3. The molecule has 2 N–H and O–H groups in total. The number of carbonyl (C=O) groups excluding carboxylic acids is 1. The highest BCUT2D eigenvalue weighted by molar-refractivity contribution is 5.93. The Labute approximate surface area is 111 Å². The van der Waals surface area contributed by atoms with E-state index in [9.17, 15) is 4.79 Å². The molecule has 1 heterocycles. The van der Waals surface area contributed by atoms with Crippen LogP contribution in [-0.4, -0.2) is 22.4 Å². The van der Waals surface area contributed by atoms with Crippen molar-refractivity contribution < 1.29 is 4.79 Å². The molecule has 5 nitrogen and oxygen atoms in total. The topological polar surface area (TPSA) is 66.9 Å². The molecule has 2 rings (SSSR count). The average molecular weight is 254 g/mol. The second-order valence-corrected chi connectivity index (χ2v) is 3.78. The highest BCUT2D eigenvalue weighted by Crippen LogP contribution is 2.13. The summed E-state index contributed by atoms with van der Waals surface area (Å²) in [7, 11) is 0. The minimum atomic E-state index is -0.251. The lowest BCUT2D eigenvalue weighted by Gasteiger charge is -2.06. The van der Waals surface area contributed by atoms with E-state index in [2.05, 4.69) is 27.2 Å². The van der Waals surface area contributed by atoms with Crippen LogP contribution in [0.2, 0.25) is 0 Å². The van der Waals surface area contributed by atoms with Crippen molar-refractivity contribution in [2.75, 3.05) is 11.9 Å². The van der Waals surface area contributed by atoms with Gasteiger partial charge in [-0.25, -0.2) is 9.97 Å².